The normalized spacial score (nSPS) is 10.2. The molecule has 6 heteroatoms. The molecule has 0 unspecified atom stereocenters. The zero-order valence-electron chi connectivity index (χ0n) is 10.2. The van der Waals surface area contributed by atoms with E-state index in [1.807, 2.05) is 6.07 Å². The lowest BCUT2D eigenvalue weighted by Crippen LogP contribution is -2.15. The van der Waals surface area contributed by atoms with Crippen LogP contribution in [0.4, 0.5) is 19.3 Å². The van der Waals surface area contributed by atoms with Crippen molar-refractivity contribution in [2.45, 2.75) is 6.61 Å². The number of hydrogen-bond acceptors (Lipinski definition) is 2. The molecule has 104 valence electrons. The summed E-state index contributed by atoms with van der Waals surface area (Å²) in [5, 5.41) is 2.15. The van der Waals surface area contributed by atoms with Crippen LogP contribution in [0.2, 0.25) is 0 Å². The first-order valence-electron chi connectivity index (χ1n) is 5.69. The largest absolute Gasteiger partial charge is 0.444 e. The van der Waals surface area contributed by atoms with Gasteiger partial charge in [0, 0.05) is 0 Å². The summed E-state index contributed by atoms with van der Waals surface area (Å²) >= 11 is 2.85. The van der Waals surface area contributed by atoms with Crippen LogP contribution in [0.1, 0.15) is 5.56 Å². The molecule has 0 heterocycles. The first kappa shape index (κ1) is 14.5. The summed E-state index contributed by atoms with van der Waals surface area (Å²) in [6, 6.07) is 11.6. The summed E-state index contributed by atoms with van der Waals surface area (Å²) in [4.78, 5) is 11.5. The van der Waals surface area contributed by atoms with E-state index >= 15 is 0 Å². The third-order valence-electron chi connectivity index (χ3n) is 2.48. The molecule has 1 amide bonds. The van der Waals surface area contributed by atoms with Crippen LogP contribution in [-0.4, -0.2) is 6.09 Å². The van der Waals surface area contributed by atoms with Crippen LogP contribution >= 0.6 is 15.9 Å². The standard InChI is InChI=1S/C14H10BrF2NO2/c15-10-6-7-11(13(17)12(10)16)18-14(19)20-8-9-4-2-1-3-5-9/h1-7H,8H2,(H,18,19). The topological polar surface area (TPSA) is 38.3 Å². The number of anilines is 1. The Bertz CT molecular complexity index is 620. The van der Waals surface area contributed by atoms with Gasteiger partial charge in [0.25, 0.3) is 0 Å². The molecule has 2 rings (SSSR count). The predicted octanol–water partition coefficient (Wildman–Crippen LogP) is 4.48. The van der Waals surface area contributed by atoms with E-state index in [0.717, 1.165) is 5.56 Å². The van der Waals surface area contributed by atoms with Crippen molar-refractivity contribution in [3.63, 3.8) is 0 Å². The summed E-state index contributed by atoms with van der Waals surface area (Å²) in [7, 11) is 0. The van der Waals surface area contributed by atoms with Gasteiger partial charge in [0.15, 0.2) is 11.6 Å². The van der Waals surface area contributed by atoms with E-state index in [4.69, 9.17) is 4.74 Å². The second kappa shape index (κ2) is 6.47. The van der Waals surface area contributed by atoms with Gasteiger partial charge in [-0.2, -0.15) is 0 Å². The van der Waals surface area contributed by atoms with Crippen LogP contribution in [0, 0.1) is 11.6 Å². The maximum Gasteiger partial charge on any atom is 0.412 e. The molecule has 0 aliphatic rings. The molecule has 0 fully saturated rings. The highest BCUT2D eigenvalue weighted by Gasteiger charge is 2.14. The molecule has 0 aromatic heterocycles. The number of ether oxygens (including phenoxy) is 1. The van der Waals surface area contributed by atoms with E-state index in [9.17, 15) is 13.6 Å². The van der Waals surface area contributed by atoms with Crippen molar-refractivity contribution in [2.24, 2.45) is 0 Å². The lowest BCUT2D eigenvalue weighted by atomic mass is 10.2. The minimum absolute atomic E-state index is 0.0156. The van der Waals surface area contributed by atoms with Gasteiger partial charge in [-0.05, 0) is 33.6 Å². The molecular formula is C14H10BrF2NO2. The van der Waals surface area contributed by atoms with Crippen LogP contribution in [0.25, 0.3) is 0 Å². The number of rotatable bonds is 3. The van der Waals surface area contributed by atoms with Crippen molar-refractivity contribution >= 4 is 27.7 Å². The molecular weight excluding hydrogens is 332 g/mol. The van der Waals surface area contributed by atoms with Crippen molar-refractivity contribution in [1.29, 1.82) is 0 Å². The summed E-state index contributed by atoms with van der Waals surface area (Å²) in [5.41, 5.74) is 0.522. The zero-order valence-corrected chi connectivity index (χ0v) is 11.8. The van der Waals surface area contributed by atoms with Gasteiger partial charge in [-0.1, -0.05) is 30.3 Å². The number of carbonyl (C=O) groups excluding carboxylic acids is 1. The molecule has 20 heavy (non-hydrogen) atoms. The third kappa shape index (κ3) is 3.54. The van der Waals surface area contributed by atoms with E-state index in [0.29, 0.717) is 0 Å². The first-order valence-corrected chi connectivity index (χ1v) is 6.48. The molecule has 0 saturated carbocycles. The Hall–Kier alpha value is -1.95. The van der Waals surface area contributed by atoms with E-state index in [2.05, 4.69) is 21.2 Å². The fraction of sp³-hybridized carbons (Fsp3) is 0.0714. The van der Waals surface area contributed by atoms with Crippen LogP contribution in [0.15, 0.2) is 46.9 Å². The summed E-state index contributed by atoms with van der Waals surface area (Å²) in [6.45, 7) is 0.0489. The molecule has 0 spiro atoms. The maximum atomic E-state index is 13.5. The van der Waals surface area contributed by atoms with E-state index in [-0.39, 0.29) is 16.8 Å². The molecule has 2 aromatic rings. The van der Waals surface area contributed by atoms with Gasteiger partial charge in [0.2, 0.25) is 0 Å². The molecule has 2 aromatic carbocycles. The Labute approximate surface area is 122 Å². The van der Waals surface area contributed by atoms with Crippen molar-refractivity contribution in [3.05, 3.63) is 64.1 Å². The van der Waals surface area contributed by atoms with Crippen LogP contribution in [0.5, 0.6) is 0 Å². The smallest absolute Gasteiger partial charge is 0.412 e. The van der Waals surface area contributed by atoms with E-state index < -0.39 is 17.7 Å². The van der Waals surface area contributed by atoms with E-state index in [1.165, 1.54) is 12.1 Å². The monoisotopic (exact) mass is 341 g/mol. The average molecular weight is 342 g/mol. The van der Waals surface area contributed by atoms with Gasteiger partial charge in [0.1, 0.15) is 6.61 Å². The maximum absolute atomic E-state index is 13.5. The molecule has 0 saturated heterocycles. The number of amides is 1. The van der Waals surface area contributed by atoms with Crippen molar-refractivity contribution in [2.75, 3.05) is 5.32 Å². The number of halogens is 3. The van der Waals surface area contributed by atoms with Crippen LogP contribution in [-0.2, 0) is 11.3 Å². The lowest BCUT2D eigenvalue weighted by Gasteiger charge is -2.08. The molecule has 0 bridgehead atoms. The minimum Gasteiger partial charge on any atom is -0.444 e. The fourth-order valence-electron chi connectivity index (χ4n) is 1.49. The SMILES string of the molecule is O=C(Nc1ccc(Br)c(F)c1F)OCc1ccccc1. The highest BCUT2D eigenvalue weighted by atomic mass is 79.9. The average Bonchev–Trinajstić information content (AvgIpc) is 2.47. The highest BCUT2D eigenvalue weighted by molar-refractivity contribution is 9.10. The summed E-state index contributed by atoms with van der Waals surface area (Å²) in [6.07, 6.45) is -0.852. The van der Waals surface area contributed by atoms with Gasteiger partial charge < -0.3 is 4.74 Å². The van der Waals surface area contributed by atoms with Crippen molar-refractivity contribution in [3.8, 4) is 0 Å². The Balaban J connectivity index is 1.97. The second-order valence-corrected chi connectivity index (χ2v) is 4.76. The van der Waals surface area contributed by atoms with Gasteiger partial charge in [0.05, 0.1) is 10.2 Å². The zero-order chi connectivity index (χ0) is 14.5. The fourth-order valence-corrected chi connectivity index (χ4v) is 1.80. The van der Waals surface area contributed by atoms with Crippen LogP contribution < -0.4 is 5.32 Å². The van der Waals surface area contributed by atoms with Crippen molar-refractivity contribution in [1.82, 2.24) is 0 Å². The molecule has 0 aliphatic carbocycles. The Morgan fingerprint density at radius 2 is 1.80 bits per heavy atom. The Morgan fingerprint density at radius 3 is 2.50 bits per heavy atom. The molecule has 3 nitrogen and oxygen atoms in total. The van der Waals surface area contributed by atoms with Gasteiger partial charge in [-0.3, -0.25) is 5.32 Å². The molecule has 0 aliphatic heterocycles. The van der Waals surface area contributed by atoms with Gasteiger partial charge >= 0.3 is 6.09 Å². The summed E-state index contributed by atoms with van der Waals surface area (Å²) < 4.78 is 31.7. The van der Waals surface area contributed by atoms with E-state index in [1.54, 1.807) is 24.3 Å². The van der Waals surface area contributed by atoms with Gasteiger partial charge in [-0.25, -0.2) is 13.6 Å². The second-order valence-electron chi connectivity index (χ2n) is 3.91. The number of hydrogen-bond donors (Lipinski definition) is 1. The Morgan fingerprint density at radius 1 is 1.10 bits per heavy atom. The molecule has 1 N–H and O–H groups in total. The summed E-state index contributed by atoms with van der Waals surface area (Å²) in [5.74, 6) is -2.21. The third-order valence-corrected chi connectivity index (χ3v) is 3.10. The highest BCUT2D eigenvalue weighted by Crippen LogP contribution is 2.24. The number of nitrogens with one attached hydrogen (secondary N) is 1. The van der Waals surface area contributed by atoms with Crippen LogP contribution in [0.3, 0.4) is 0 Å². The van der Waals surface area contributed by atoms with Gasteiger partial charge in [-0.15, -0.1) is 0 Å². The Kier molecular flexibility index (Phi) is 4.68. The molecule has 0 radical (unpaired) electrons. The lowest BCUT2D eigenvalue weighted by molar-refractivity contribution is 0.155. The number of benzene rings is 2. The first-order chi connectivity index (χ1) is 9.58. The minimum atomic E-state index is -1.14. The van der Waals surface area contributed by atoms with Crippen molar-refractivity contribution < 1.29 is 18.3 Å². The quantitative estimate of drug-likeness (QED) is 0.836. The molecule has 0 atom stereocenters. The predicted molar refractivity (Wildman–Crippen MR) is 74.3 cm³/mol. The number of carbonyl (C=O) groups is 1.